The van der Waals surface area contributed by atoms with Crippen molar-refractivity contribution in [3.63, 3.8) is 0 Å². The molecule has 0 aliphatic heterocycles. The van der Waals surface area contributed by atoms with Gasteiger partial charge in [-0.3, -0.25) is 23.7 Å². The molecule has 0 aliphatic rings. The minimum absolute atomic E-state index is 0.0887. The topological polar surface area (TPSA) is 223 Å². The lowest BCUT2D eigenvalue weighted by Gasteiger charge is -2.24. The number of carbonyl (C=O) groups is 2. The van der Waals surface area contributed by atoms with Crippen LogP contribution in [-0.4, -0.2) is 63.2 Å². The number of hydrogen-bond acceptors (Lipinski definition) is 12. The van der Waals surface area contributed by atoms with Gasteiger partial charge in [-0.1, -0.05) is 100 Å². The number of aromatic nitrogens is 8. The number of imidazole rings is 2. The highest BCUT2D eigenvalue weighted by atomic mass is 19.4. The highest BCUT2D eigenvalue weighted by Gasteiger charge is 2.52. The van der Waals surface area contributed by atoms with E-state index in [1.54, 1.807) is 40.1 Å². The molecule has 6 heterocycles. The molecular formula is C54H62F6N12O4. The number of fused-ring (bicyclic) bond motifs is 2. The number of nitrogens with zero attached hydrogens (tertiary/aromatic N) is 8. The van der Waals surface area contributed by atoms with Gasteiger partial charge in [-0.2, -0.15) is 26.3 Å². The molecule has 2 aromatic carbocycles. The molecule has 0 spiro atoms. The number of carbonyl (C=O) groups excluding carboxylic acids is 2. The first-order valence-electron chi connectivity index (χ1n) is 24.1. The van der Waals surface area contributed by atoms with Crippen LogP contribution >= 0.6 is 0 Å². The van der Waals surface area contributed by atoms with Crippen molar-refractivity contribution in [2.75, 3.05) is 22.1 Å². The lowest BCUT2D eigenvalue weighted by molar-refractivity contribution is -0.185. The van der Waals surface area contributed by atoms with Crippen LogP contribution in [-0.2, 0) is 42.1 Å². The summed E-state index contributed by atoms with van der Waals surface area (Å²) >= 11 is 0. The Hall–Kier alpha value is -7.78. The summed E-state index contributed by atoms with van der Waals surface area (Å²) in [5.41, 5.74) is 10.8. The number of nitrogen functional groups attached to an aromatic ring is 2. The molecule has 6 N–H and O–H groups in total. The average Bonchev–Trinajstić information content (AvgIpc) is 4.15. The molecule has 8 rings (SSSR count). The Morgan fingerprint density at radius 1 is 0.539 bits per heavy atom. The normalized spacial score (nSPS) is 13.2. The van der Waals surface area contributed by atoms with Crippen LogP contribution in [0.5, 0.6) is 0 Å². The number of benzene rings is 2. The Balaban J connectivity index is 0.000000221. The van der Waals surface area contributed by atoms with Crippen molar-refractivity contribution < 1.29 is 45.0 Å². The van der Waals surface area contributed by atoms with Gasteiger partial charge in [-0.15, -0.1) is 0 Å². The molecule has 0 atom stereocenters. The molecule has 8 aromatic rings. The predicted molar refractivity (Wildman–Crippen MR) is 278 cm³/mol. The second-order valence-electron chi connectivity index (χ2n) is 22.8. The van der Waals surface area contributed by atoms with E-state index >= 15 is 0 Å². The quantitative estimate of drug-likeness (QED) is 0.0939. The monoisotopic (exact) mass is 1060 g/mol. The molecule has 0 saturated carbocycles. The number of halogens is 6. The maximum atomic E-state index is 13.3. The van der Waals surface area contributed by atoms with Crippen LogP contribution in [0.4, 0.5) is 49.7 Å². The molecule has 6 aromatic heterocycles. The van der Waals surface area contributed by atoms with E-state index < -0.39 is 51.6 Å². The van der Waals surface area contributed by atoms with Crippen molar-refractivity contribution in [3.8, 4) is 22.5 Å². The van der Waals surface area contributed by atoms with Crippen molar-refractivity contribution in [1.29, 1.82) is 0 Å². The summed E-state index contributed by atoms with van der Waals surface area (Å²) in [4.78, 5) is 44.5. The smallest absolute Gasteiger partial charge is 0.382 e. The average molecular weight is 1060 g/mol. The standard InChI is InChI=1S/2C27H31F3N6O2/c1-24(2,3)22-34-19(20-21(31)32-12-13-36(20)22)15-8-10-16(11-9-15)25(4,5)23(37)33-18-14-17(38-35-18)26(6,7)27(28,29)30;1-24(2,3)22-34-19(20-21(31)32-12-13-36(20)22)15-8-10-16(11-9-15)25(4,5)23(37)33-18-14-17(35-38-18)26(6,7)27(28,29)30/h8-14H,1-7H3,(H2,31,32)(H,33,35,37);8-14H,1-7H3,(H2,31,32)(H,33,37). The molecule has 2 amide bonds. The van der Waals surface area contributed by atoms with Crippen LogP contribution in [0.15, 0.2) is 94.5 Å². The van der Waals surface area contributed by atoms with Gasteiger partial charge >= 0.3 is 12.4 Å². The number of alkyl halides is 6. The first kappa shape index (κ1) is 56.0. The fourth-order valence-electron chi connectivity index (χ4n) is 8.02. The van der Waals surface area contributed by atoms with Crippen LogP contribution in [0, 0.1) is 0 Å². The number of nitrogens with two attached hydrogens (primary N) is 2. The van der Waals surface area contributed by atoms with Gasteiger partial charge in [-0.05, 0) is 66.5 Å². The van der Waals surface area contributed by atoms with Gasteiger partial charge < -0.3 is 25.8 Å². The SMILES string of the molecule is CC(C)(C)c1nc(-c2ccc(C(C)(C)C(=O)Nc3cc(C(C)(C)C(F)(F)F)no3)cc2)c2c(N)nccn12.CC(C)(C)c1nc(-c2ccc(C(C)(C)C(=O)Nc3cc(C(C)(C)C(F)(F)F)on3)cc2)c2c(N)nccn12. The van der Waals surface area contributed by atoms with Crippen molar-refractivity contribution in [2.45, 2.75) is 142 Å². The van der Waals surface area contributed by atoms with E-state index in [9.17, 15) is 35.9 Å². The molecule has 22 heteroatoms. The van der Waals surface area contributed by atoms with Crippen molar-refractivity contribution in [1.82, 2.24) is 39.1 Å². The van der Waals surface area contributed by atoms with Crippen molar-refractivity contribution >= 4 is 46.2 Å². The summed E-state index contributed by atoms with van der Waals surface area (Å²) in [7, 11) is 0. The number of hydrogen-bond donors (Lipinski definition) is 4. The number of amides is 2. The molecule has 0 saturated heterocycles. The van der Waals surface area contributed by atoms with Crippen LogP contribution < -0.4 is 22.1 Å². The van der Waals surface area contributed by atoms with Gasteiger partial charge in [0, 0.05) is 58.9 Å². The zero-order valence-electron chi connectivity index (χ0n) is 44.7. The van der Waals surface area contributed by atoms with Gasteiger partial charge in [0.2, 0.25) is 17.7 Å². The molecule has 0 unspecified atom stereocenters. The van der Waals surface area contributed by atoms with E-state index in [1.165, 1.54) is 0 Å². The van der Waals surface area contributed by atoms with E-state index in [2.05, 4.69) is 72.5 Å². The van der Waals surface area contributed by atoms with Crippen LogP contribution in [0.2, 0.25) is 0 Å². The summed E-state index contributed by atoms with van der Waals surface area (Å²) in [5.74, 6) is 0.826. The Morgan fingerprint density at radius 2 is 0.947 bits per heavy atom. The second-order valence-corrected chi connectivity index (χ2v) is 22.8. The molecule has 404 valence electrons. The molecule has 0 bridgehead atoms. The second kappa shape index (κ2) is 19.1. The summed E-state index contributed by atoms with van der Waals surface area (Å²) in [6.45, 7) is 23.2. The van der Waals surface area contributed by atoms with Gasteiger partial charge in [0.25, 0.3) is 0 Å². The Bertz CT molecular complexity index is 3210. The van der Waals surface area contributed by atoms with Crippen LogP contribution in [0.3, 0.4) is 0 Å². The molecule has 0 aliphatic carbocycles. The third-order valence-corrected chi connectivity index (χ3v) is 13.6. The zero-order valence-corrected chi connectivity index (χ0v) is 44.7. The third-order valence-electron chi connectivity index (χ3n) is 13.6. The fourth-order valence-corrected chi connectivity index (χ4v) is 8.02. The number of nitrogens with one attached hydrogen (secondary N) is 2. The molecular weight excluding hydrogens is 995 g/mol. The Labute approximate surface area is 435 Å². The lowest BCUT2D eigenvalue weighted by Crippen LogP contribution is -2.36. The molecule has 0 fully saturated rings. The first-order valence-corrected chi connectivity index (χ1v) is 24.1. The third kappa shape index (κ3) is 10.4. The minimum atomic E-state index is -4.54. The molecule has 76 heavy (non-hydrogen) atoms. The highest BCUT2D eigenvalue weighted by Crippen LogP contribution is 2.43. The van der Waals surface area contributed by atoms with E-state index in [0.717, 1.165) is 62.6 Å². The van der Waals surface area contributed by atoms with Crippen molar-refractivity contribution in [3.05, 3.63) is 120 Å². The van der Waals surface area contributed by atoms with E-state index in [0.29, 0.717) is 45.2 Å². The summed E-state index contributed by atoms with van der Waals surface area (Å²) < 4.78 is 93.8. The van der Waals surface area contributed by atoms with Crippen LogP contribution in [0.25, 0.3) is 33.5 Å². The van der Waals surface area contributed by atoms with Gasteiger partial charge in [0.1, 0.15) is 62.2 Å². The highest BCUT2D eigenvalue weighted by molar-refractivity contribution is 5.99. The lowest BCUT2D eigenvalue weighted by atomic mass is 9.83. The zero-order chi connectivity index (χ0) is 56.5. The summed E-state index contributed by atoms with van der Waals surface area (Å²) in [6, 6.07) is 16.8. The molecule has 16 nitrogen and oxygen atoms in total. The number of rotatable bonds is 10. The maximum Gasteiger partial charge on any atom is 0.401 e. The van der Waals surface area contributed by atoms with Gasteiger partial charge in [0.05, 0.1) is 10.8 Å². The van der Waals surface area contributed by atoms with Crippen LogP contribution in [0.1, 0.15) is 131 Å². The number of anilines is 4. The predicted octanol–water partition coefficient (Wildman–Crippen LogP) is 12.0. The van der Waals surface area contributed by atoms with E-state index in [4.69, 9.17) is 30.5 Å². The largest absolute Gasteiger partial charge is 0.401 e. The van der Waals surface area contributed by atoms with E-state index in [-0.39, 0.29) is 28.2 Å². The fraction of sp³-hybridized carbons (Fsp3) is 0.407. The van der Waals surface area contributed by atoms with Gasteiger partial charge in [0.15, 0.2) is 11.6 Å². The van der Waals surface area contributed by atoms with Crippen molar-refractivity contribution in [2.24, 2.45) is 0 Å². The summed E-state index contributed by atoms with van der Waals surface area (Å²) in [5, 5.41) is 12.3. The molecule has 0 radical (unpaired) electrons. The van der Waals surface area contributed by atoms with E-state index in [1.807, 2.05) is 69.7 Å². The summed E-state index contributed by atoms with van der Waals surface area (Å²) in [6.07, 6.45) is -2.14. The van der Waals surface area contributed by atoms with Gasteiger partial charge in [-0.25, -0.2) is 19.9 Å². The minimum Gasteiger partial charge on any atom is -0.382 e. The Kier molecular flexibility index (Phi) is 14.1. The maximum absolute atomic E-state index is 13.3. The first-order chi connectivity index (χ1) is 34.9. The Morgan fingerprint density at radius 3 is 1.34 bits per heavy atom.